The van der Waals surface area contributed by atoms with Gasteiger partial charge < -0.3 is 5.11 Å². The molecule has 0 amide bonds. The molecule has 0 aromatic rings. The van der Waals surface area contributed by atoms with Crippen LogP contribution in [-0.4, -0.2) is 48.6 Å². The standard InChI is InChI=1S/C9H16O7S3/c1-3-18(12,13)5-4-17-8(19(14,15)16)6-7(2)9(10)11/h3,7-8H,1,4-6H2,2H3,(H,10,11)(H,14,15,16). The van der Waals surface area contributed by atoms with Gasteiger partial charge in [-0.05, 0) is 6.42 Å². The zero-order chi connectivity index (χ0) is 15.3. The molecule has 0 saturated carbocycles. The third-order valence-corrected chi connectivity index (χ3v) is 6.76. The summed E-state index contributed by atoms with van der Waals surface area (Å²) in [5, 5.41) is 9.45. The first-order valence-electron chi connectivity index (χ1n) is 5.15. The lowest BCUT2D eigenvalue weighted by Crippen LogP contribution is -2.24. The molecule has 0 fully saturated rings. The number of thioether (sulfide) groups is 1. The minimum atomic E-state index is -4.44. The van der Waals surface area contributed by atoms with Crippen LogP contribution in [-0.2, 0) is 24.7 Å². The molecule has 19 heavy (non-hydrogen) atoms. The van der Waals surface area contributed by atoms with Crippen molar-refractivity contribution in [3.63, 3.8) is 0 Å². The third kappa shape index (κ3) is 7.55. The van der Waals surface area contributed by atoms with Crippen molar-refractivity contribution >= 4 is 37.7 Å². The number of carbonyl (C=O) groups is 1. The Hall–Kier alpha value is -0.580. The summed E-state index contributed by atoms with van der Waals surface area (Å²) < 4.78 is 52.0. The molecule has 0 aliphatic heterocycles. The Morgan fingerprint density at radius 2 is 1.89 bits per heavy atom. The smallest absolute Gasteiger partial charge is 0.306 e. The highest BCUT2D eigenvalue weighted by Gasteiger charge is 2.28. The van der Waals surface area contributed by atoms with Crippen LogP contribution in [0.15, 0.2) is 12.0 Å². The van der Waals surface area contributed by atoms with Crippen LogP contribution in [0.2, 0.25) is 0 Å². The van der Waals surface area contributed by atoms with Gasteiger partial charge in [0.15, 0.2) is 9.84 Å². The van der Waals surface area contributed by atoms with Gasteiger partial charge >= 0.3 is 5.97 Å². The Balaban J connectivity index is 4.65. The summed E-state index contributed by atoms with van der Waals surface area (Å²) in [6.07, 6.45) is -0.299. The zero-order valence-electron chi connectivity index (χ0n) is 10.2. The summed E-state index contributed by atoms with van der Waals surface area (Å²) in [4.78, 5) is 10.6. The molecule has 0 heterocycles. The van der Waals surface area contributed by atoms with Crippen molar-refractivity contribution < 1.29 is 31.3 Å². The topological polar surface area (TPSA) is 126 Å². The number of carboxylic acids is 1. The van der Waals surface area contributed by atoms with Crippen LogP contribution in [0.1, 0.15) is 13.3 Å². The van der Waals surface area contributed by atoms with E-state index in [1.807, 2.05) is 0 Å². The van der Waals surface area contributed by atoms with Gasteiger partial charge in [-0.25, -0.2) is 8.42 Å². The lowest BCUT2D eigenvalue weighted by atomic mass is 10.1. The van der Waals surface area contributed by atoms with Crippen molar-refractivity contribution in [1.82, 2.24) is 0 Å². The summed E-state index contributed by atoms with van der Waals surface area (Å²) in [5.74, 6) is -2.55. The van der Waals surface area contributed by atoms with E-state index in [-0.39, 0.29) is 17.9 Å². The normalized spacial score (nSPS) is 15.7. The molecule has 0 aliphatic rings. The Kier molecular flexibility index (Phi) is 7.05. The molecule has 0 saturated heterocycles. The molecule has 0 bridgehead atoms. The van der Waals surface area contributed by atoms with Crippen molar-refractivity contribution in [1.29, 1.82) is 0 Å². The highest BCUT2D eigenvalue weighted by molar-refractivity contribution is 8.12. The Bertz CT molecular complexity index is 520. The summed E-state index contributed by atoms with van der Waals surface area (Å²) in [6, 6.07) is 0. The molecular formula is C9H16O7S3. The Morgan fingerprint density at radius 3 is 2.26 bits per heavy atom. The second kappa shape index (κ2) is 7.27. The molecule has 0 rings (SSSR count). The summed E-state index contributed by atoms with van der Waals surface area (Å²) in [5.41, 5.74) is 0. The number of hydrogen-bond acceptors (Lipinski definition) is 6. The molecular weight excluding hydrogens is 316 g/mol. The molecule has 7 nitrogen and oxygen atoms in total. The Labute approximate surface area is 116 Å². The van der Waals surface area contributed by atoms with Crippen molar-refractivity contribution in [3.05, 3.63) is 12.0 Å². The predicted octanol–water partition coefficient (Wildman–Crippen LogP) is 0.603. The van der Waals surface area contributed by atoms with Gasteiger partial charge in [0, 0.05) is 11.2 Å². The number of carboxylic acid groups (broad SMARTS) is 1. The highest BCUT2D eigenvalue weighted by Crippen LogP contribution is 2.24. The van der Waals surface area contributed by atoms with Crippen molar-refractivity contribution in [2.75, 3.05) is 11.5 Å². The van der Waals surface area contributed by atoms with E-state index in [1.165, 1.54) is 6.92 Å². The van der Waals surface area contributed by atoms with E-state index < -0.39 is 36.4 Å². The first kappa shape index (κ1) is 18.4. The molecule has 112 valence electrons. The van der Waals surface area contributed by atoms with Gasteiger partial charge in [0.25, 0.3) is 10.1 Å². The molecule has 2 atom stereocenters. The summed E-state index contributed by atoms with van der Waals surface area (Å²) in [6.45, 7) is 4.41. The van der Waals surface area contributed by atoms with Gasteiger partial charge in [-0.3, -0.25) is 9.35 Å². The fourth-order valence-electron chi connectivity index (χ4n) is 1.04. The fraction of sp³-hybridized carbons (Fsp3) is 0.667. The third-order valence-electron chi connectivity index (χ3n) is 2.23. The second-order valence-electron chi connectivity index (χ2n) is 3.82. The second-order valence-corrected chi connectivity index (χ2v) is 9.10. The minimum Gasteiger partial charge on any atom is -0.481 e. The van der Waals surface area contributed by atoms with Crippen LogP contribution >= 0.6 is 11.8 Å². The lowest BCUT2D eigenvalue weighted by Gasteiger charge is -2.15. The van der Waals surface area contributed by atoms with Crippen LogP contribution in [0.5, 0.6) is 0 Å². The van der Waals surface area contributed by atoms with Gasteiger partial charge in [-0.1, -0.05) is 13.5 Å². The SMILES string of the molecule is C=CS(=O)(=O)CCSC(CC(C)C(=O)O)S(=O)(=O)O. The lowest BCUT2D eigenvalue weighted by molar-refractivity contribution is -0.141. The average molecular weight is 332 g/mol. The van der Waals surface area contributed by atoms with Crippen molar-refractivity contribution in [3.8, 4) is 0 Å². The molecule has 0 aromatic carbocycles. The average Bonchev–Trinajstić information content (AvgIpc) is 2.25. The van der Waals surface area contributed by atoms with E-state index in [0.717, 1.165) is 5.41 Å². The van der Waals surface area contributed by atoms with E-state index in [0.29, 0.717) is 11.8 Å². The fourth-order valence-corrected chi connectivity index (χ4v) is 4.72. The molecule has 2 unspecified atom stereocenters. The first-order valence-corrected chi connectivity index (χ1v) is 9.42. The number of sulfone groups is 1. The predicted molar refractivity (Wildman–Crippen MR) is 73.2 cm³/mol. The Morgan fingerprint density at radius 1 is 1.37 bits per heavy atom. The van der Waals surface area contributed by atoms with E-state index >= 15 is 0 Å². The molecule has 0 radical (unpaired) electrons. The van der Waals surface area contributed by atoms with Gasteiger partial charge in [0.05, 0.1) is 11.7 Å². The molecule has 0 spiro atoms. The van der Waals surface area contributed by atoms with Crippen molar-refractivity contribution in [2.45, 2.75) is 17.9 Å². The van der Waals surface area contributed by atoms with E-state index in [2.05, 4.69) is 6.58 Å². The molecule has 10 heteroatoms. The van der Waals surface area contributed by atoms with Crippen LogP contribution in [0, 0.1) is 5.92 Å². The number of rotatable bonds is 9. The van der Waals surface area contributed by atoms with Crippen LogP contribution in [0.3, 0.4) is 0 Å². The zero-order valence-corrected chi connectivity index (χ0v) is 12.7. The summed E-state index contributed by atoms with van der Waals surface area (Å²) in [7, 11) is -7.89. The monoisotopic (exact) mass is 332 g/mol. The number of aliphatic carboxylic acids is 1. The number of hydrogen-bond donors (Lipinski definition) is 2. The summed E-state index contributed by atoms with van der Waals surface area (Å²) >= 11 is 0.688. The van der Waals surface area contributed by atoms with E-state index in [1.54, 1.807) is 0 Å². The van der Waals surface area contributed by atoms with Crippen LogP contribution in [0.4, 0.5) is 0 Å². The first-order chi connectivity index (χ1) is 8.49. The largest absolute Gasteiger partial charge is 0.481 e. The van der Waals surface area contributed by atoms with E-state index in [4.69, 9.17) is 9.66 Å². The van der Waals surface area contributed by atoms with Gasteiger partial charge in [-0.15, -0.1) is 11.8 Å². The van der Waals surface area contributed by atoms with Gasteiger partial charge in [-0.2, -0.15) is 8.42 Å². The quantitative estimate of drug-likeness (QED) is 0.588. The van der Waals surface area contributed by atoms with Crippen LogP contribution < -0.4 is 0 Å². The molecule has 2 N–H and O–H groups in total. The maximum atomic E-state index is 11.1. The van der Waals surface area contributed by atoms with Crippen molar-refractivity contribution in [2.24, 2.45) is 5.92 Å². The maximum absolute atomic E-state index is 11.1. The van der Waals surface area contributed by atoms with E-state index in [9.17, 15) is 21.6 Å². The van der Waals surface area contributed by atoms with Crippen LogP contribution in [0.25, 0.3) is 0 Å². The maximum Gasteiger partial charge on any atom is 0.306 e. The van der Waals surface area contributed by atoms with Gasteiger partial charge in [0.2, 0.25) is 0 Å². The molecule has 0 aliphatic carbocycles. The minimum absolute atomic E-state index is 0.0782. The van der Waals surface area contributed by atoms with Gasteiger partial charge in [0.1, 0.15) is 4.58 Å². The molecule has 0 aromatic heterocycles. The highest BCUT2D eigenvalue weighted by atomic mass is 32.3.